The van der Waals surface area contributed by atoms with Crippen molar-refractivity contribution >= 4 is 20.2 Å². The molecule has 0 saturated heterocycles. The minimum Gasteiger partial charge on any atom is -0.282 e. The number of rotatable bonds is 4. The molecule has 0 fully saturated rings. The molecule has 0 bridgehead atoms. The Morgan fingerprint density at radius 3 is 1.52 bits per heavy atom. The van der Waals surface area contributed by atoms with Gasteiger partial charge in [0.15, 0.2) is 0 Å². The van der Waals surface area contributed by atoms with E-state index in [9.17, 15) is 25.9 Å². The van der Waals surface area contributed by atoms with Crippen LogP contribution in [0.1, 0.15) is 42.5 Å². The van der Waals surface area contributed by atoms with E-state index in [4.69, 9.17) is 0 Å². The highest BCUT2D eigenvalue weighted by Crippen LogP contribution is 2.57. The third kappa shape index (κ3) is 3.54. The molecule has 0 atom stereocenters. The van der Waals surface area contributed by atoms with E-state index >= 15 is 0 Å². The lowest BCUT2D eigenvalue weighted by atomic mass is 9.59. The van der Waals surface area contributed by atoms with Crippen LogP contribution >= 0.6 is 0 Å². The molecule has 2 N–H and O–H groups in total. The van der Waals surface area contributed by atoms with E-state index < -0.39 is 31.1 Å². The Morgan fingerprint density at radius 2 is 1.21 bits per heavy atom. The summed E-state index contributed by atoms with van der Waals surface area (Å²) in [5.41, 5.74) is 0.261. The molecule has 29 heavy (non-hydrogen) atoms. The summed E-state index contributed by atoms with van der Waals surface area (Å²) in [5.74, 6) is 0. The van der Waals surface area contributed by atoms with Crippen LogP contribution in [0.25, 0.3) is 0 Å². The lowest BCUT2D eigenvalue weighted by molar-refractivity contribution is 0.284. The molecule has 1 aliphatic rings. The first kappa shape index (κ1) is 21.7. The first-order valence-corrected chi connectivity index (χ1v) is 11.9. The predicted molar refractivity (Wildman–Crippen MR) is 110 cm³/mol. The van der Waals surface area contributed by atoms with Crippen molar-refractivity contribution in [3.63, 3.8) is 0 Å². The summed E-state index contributed by atoms with van der Waals surface area (Å²) < 4.78 is 68.7. The molecule has 2 aromatic rings. The summed E-state index contributed by atoms with van der Waals surface area (Å²) >= 11 is 0. The van der Waals surface area contributed by atoms with Gasteiger partial charge in [0, 0.05) is 5.41 Å². The standard InChI is InChI=1S/C21H24O6S2/c1-14-6-8-18(28(22,23)24)16(12-14)21(11-5-10-20(21,3)4)17-13-15(2)7-9-19(17)29(25,26)27/h5-10,12-13H,11H2,1-4H3,(H,22,23,24)(H,25,26,27). The van der Waals surface area contributed by atoms with Crippen LogP contribution in [0.3, 0.4) is 0 Å². The topological polar surface area (TPSA) is 109 Å². The molecule has 3 rings (SSSR count). The Bertz CT molecular complexity index is 1140. The van der Waals surface area contributed by atoms with Crippen LogP contribution in [0.4, 0.5) is 0 Å². The van der Waals surface area contributed by atoms with Crippen molar-refractivity contribution in [2.75, 3.05) is 0 Å². The lowest BCUT2D eigenvalue weighted by Crippen LogP contribution is -2.41. The van der Waals surface area contributed by atoms with Gasteiger partial charge in [0.1, 0.15) is 0 Å². The van der Waals surface area contributed by atoms with Crippen molar-refractivity contribution in [3.05, 3.63) is 70.8 Å². The Morgan fingerprint density at radius 1 is 0.793 bits per heavy atom. The van der Waals surface area contributed by atoms with E-state index in [-0.39, 0.29) is 9.79 Å². The SMILES string of the molecule is Cc1ccc(S(=O)(=O)O)c(C2(c3cc(C)ccc3S(=O)(=O)O)CC=CC2(C)C)c1. The van der Waals surface area contributed by atoms with Crippen molar-refractivity contribution in [1.82, 2.24) is 0 Å². The molecule has 0 amide bonds. The van der Waals surface area contributed by atoms with E-state index in [0.29, 0.717) is 17.5 Å². The zero-order chi connectivity index (χ0) is 21.8. The minimum atomic E-state index is -4.58. The van der Waals surface area contributed by atoms with Crippen molar-refractivity contribution in [2.45, 2.75) is 49.3 Å². The zero-order valence-corrected chi connectivity index (χ0v) is 18.3. The van der Waals surface area contributed by atoms with Crippen molar-refractivity contribution in [3.8, 4) is 0 Å². The summed E-state index contributed by atoms with van der Waals surface area (Å²) in [6.45, 7) is 7.34. The number of allylic oxidation sites excluding steroid dienone is 2. The second kappa shape index (κ2) is 6.77. The number of benzene rings is 2. The molecule has 0 spiro atoms. The fraction of sp³-hybridized carbons (Fsp3) is 0.333. The number of hydrogen-bond donors (Lipinski definition) is 2. The molecule has 0 heterocycles. The maximum absolute atomic E-state index is 12.2. The van der Waals surface area contributed by atoms with Crippen LogP contribution in [0, 0.1) is 19.3 Å². The summed E-state index contributed by atoms with van der Waals surface area (Å²) in [4.78, 5) is -0.551. The second-order valence-electron chi connectivity index (χ2n) is 8.18. The second-order valence-corrected chi connectivity index (χ2v) is 11.0. The Labute approximate surface area is 171 Å². The van der Waals surface area contributed by atoms with Crippen molar-refractivity contribution < 1.29 is 25.9 Å². The summed E-state index contributed by atoms with van der Waals surface area (Å²) in [6, 6.07) is 9.14. The lowest BCUT2D eigenvalue weighted by Gasteiger charge is -2.44. The highest BCUT2D eigenvalue weighted by molar-refractivity contribution is 7.86. The smallest absolute Gasteiger partial charge is 0.282 e. The molecule has 0 unspecified atom stereocenters. The predicted octanol–water partition coefficient (Wildman–Crippen LogP) is 4.07. The Balaban J connectivity index is 2.56. The Hall–Kier alpha value is -2.00. The average molecular weight is 437 g/mol. The third-order valence-corrected chi connectivity index (χ3v) is 7.63. The van der Waals surface area contributed by atoms with Crippen LogP contribution < -0.4 is 0 Å². The molecule has 0 aromatic heterocycles. The Kier molecular flexibility index (Phi) is 5.06. The molecule has 2 aromatic carbocycles. The quantitative estimate of drug-likeness (QED) is 0.552. The van der Waals surface area contributed by atoms with Crippen LogP contribution in [-0.2, 0) is 25.7 Å². The minimum absolute atomic E-state index is 0.275. The molecule has 156 valence electrons. The van der Waals surface area contributed by atoms with Gasteiger partial charge in [-0.25, -0.2) is 0 Å². The molecular weight excluding hydrogens is 412 g/mol. The monoisotopic (exact) mass is 436 g/mol. The summed E-state index contributed by atoms with van der Waals surface area (Å²) in [7, 11) is -9.16. The highest BCUT2D eigenvalue weighted by Gasteiger charge is 2.52. The van der Waals surface area contributed by atoms with Gasteiger partial charge in [-0.1, -0.05) is 61.4 Å². The van der Waals surface area contributed by atoms with Crippen LogP contribution in [-0.4, -0.2) is 25.9 Å². The fourth-order valence-electron chi connectivity index (χ4n) is 4.40. The molecule has 1 aliphatic carbocycles. The van der Waals surface area contributed by atoms with E-state index in [0.717, 1.165) is 11.1 Å². The van der Waals surface area contributed by atoms with Crippen LogP contribution in [0.5, 0.6) is 0 Å². The van der Waals surface area contributed by atoms with Crippen molar-refractivity contribution in [2.24, 2.45) is 5.41 Å². The normalized spacial score (nSPS) is 18.1. The van der Waals surface area contributed by atoms with Gasteiger partial charge in [-0.05, 0) is 48.9 Å². The van der Waals surface area contributed by atoms with E-state index in [1.54, 1.807) is 38.1 Å². The van der Waals surface area contributed by atoms with Gasteiger partial charge in [-0.2, -0.15) is 16.8 Å². The van der Waals surface area contributed by atoms with Gasteiger partial charge in [0.05, 0.1) is 9.79 Å². The first-order valence-electron chi connectivity index (χ1n) is 9.05. The van der Waals surface area contributed by atoms with Gasteiger partial charge < -0.3 is 0 Å². The van der Waals surface area contributed by atoms with Gasteiger partial charge in [0.2, 0.25) is 0 Å². The fourth-order valence-corrected chi connectivity index (χ4v) is 5.90. The number of hydrogen-bond acceptors (Lipinski definition) is 4. The van der Waals surface area contributed by atoms with Gasteiger partial charge in [0.25, 0.3) is 20.2 Å². The maximum Gasteiger partial charge on any atom is 0.294 e. The molecule has 6 nitrogen and oxygen atoms in total. The van der Waals surface area contributed by atoms with E-state index in [1.807, 2.05) is 26.0 Å². The van der Waals surface area contributed by atoms with E-state index in [2.05, 4.69) is 0 Å². The van der Waals surface area contributed by atoms with Gasteiger partial charge >= 0.3 is 0 Å². The first-order chi connectivity index (χ1) is 13.2. The third-order valence-electron chi connectivity index (χ3n) is 5.80. The molecule has 0 saturated carbocycles. The van der Waals surface area contributed by atoms with Crippen LogP contribution in [0.15, 0.2) is 58.3 Å². The molecule has 0 radical (unpaired) electrons. The molecular formula is C21H24O6S2. The number of aryl methyl sites for hydroxylation is 2. The maximum atomic E-state index is 12.2. The van der Waals surface area contributed by atoms with E-state index in [1.165, 1.54) is 12.1 Å². The average Bonchev–Trinajstić information content (AvgIpc) is 2.88. The largest absolute Gasteiger partial charge is 0.294 e. The van der Waals surface area contributed by atoms with Gasteiger partial charge in [-0.3, -0.25) is 9.11 Å². The molecule has 8 heteroatoms. The highest BCUT2D eigenvalue weighted by atomic mass is 32.2. The van der Waals surface area contributed by atoms with Crippen LogP contribution in [0.2, 0.25) is 0 Å². The summed E-state index contributed by atoms with van der Waals surface area (Å²) in [5, 5.41) is 0. The van der Waals surface area contributed by atoms with Gasteiger partial charge in [-0.15, -0.1) is 0 Å². The molecule has 0 aliphatic heterocycles. The zero-order valence-electron chi connectivity index (χ0n) is 16.7. The summed E-state index contributed by atoms with van der Waals surface area (Å²) in [6.07, 6.45) is 4.07. The van der Waals surface area contributed by atoms with Crippen molar-refractivity contribution in [1.29, 1.82) is 0 Å².